The number of H-pyrrole nitrogens is 1. The maximum atomic E-state index is 9.57. The van der Waals surface area contributed by atoms with Crippen molar-refractivity contribution in [1.29, 1.82) is 0 Å². The molecule has 1 saturated carbocycles. The van der Waals surface area contributed by atoms with E-state index in [1.54, 1.807) is 12.1 Å². The first kappa shape index (κ1) is 12.6. The molecule has 0 radical (unpaired) electrons. The molecule has 3 heteroatoms. The van der Waals surface area contributed by atoms with Crippen molar-refractivity contribution in [2.75, 3.05) is 6.61 Å². The Kier molecular flexibility index (Phi) is 2.99. The molecule has 21 heavy (non-hydrogen) atoms. The van der Waals surface area contributed by atoms with Crippen molar-refractivity contribution >= 4 is 21.8 Å². The fourth-order valence-electron chi connectivity index (χ4n) is 3.36. The van der Waals surface area contributed by atoms with Crippen LogP contribution in [0.3, 0.4) is 0 Å². The lowest BCUT2D eigenvalue weighted by Crippen LogP contribution is -2.07. The predicted octanol–water partition coefficient (Wildman–Crippen LogP) is 4.60. The summed E-state index contributed by atoms with van der Waals surface area (Å²) in [7, 11) is 0. The molecule has 1 aliphatic rings. The second kappa shape index (κ2) is 4.99. The predicted molar refractivity (Wildman–Crippen MR) is 84.9 cm³/mol. The van der Waals surface area contributed by atoms with Gasteiger partial charge in [-0.15, -0.1) is 0 Å². The van der Waals surface area contributed by atoms with Crippen molar-refractivity contribution in [3.63, 3.8) is 0 Å². The number of ether oxygens (including phenoxy) is 1. The molecule has 3 aromatic rings. The summed E-state index contributed by atoms with van der Waals surface area (Å²) in [5.41, 5.74) is 2.01. The summed E-state index contributed by atoms with van der Waals surface area (Å²) in [5, 5.41) is 11.9. The van der Waals surface area contributed by atoms with Crippen molar-refractivity contribution in [1.82, 2.24) is 4.98 Å². The molecule has 0 unspecified atom stereocenters. The number of rotatable bonds is 3. The molecule has 2 aromatic carbocycles. The highest BCUT2D eigenvalue weighted by atomic mass is 16.5. The number of aromatic nitrogens is 1. The molecule has 2 N–H and O–H groups in total. The number of nitrogens with one attached hydrogen (secondary N) is 1. The average molecular weight is 281 g/mol. The van der Waals surface area contributed by atoms with Crippen molar-refractivity contribution in [3.05, 3.63) is 36.4 Å². The first-order valence-electron chi connectivity index (χ1n) is 7.67. The van der Waals surface area contributed by atoms with E-state index in [4.69, 9.17) is 4.74 Å². The number of hydrogen-bond acceptors (Lipinski definition) is 2. The minimum atomic E-state index is 0.284. The van der Waals surface area contributed by atoms with Crippen LogP contribution in [0.5, 0.6) is 11.5 Å². The molecular formula is C18H19NO2. The minimum Gasteiger partial charge on any atom is -0.508 e. The van der Waals surface area contributed by atoms with Crippen LogP contribution in [-0.2, 0) is 0 Å². The number of aromatic amines is 1. The van der Waals surface area contributed by atoms with Gasteiger partial charge in [0.2, 0.25) is 0 Å². The van der Waals surface area contributed by atoms with E-state index in [1.165, 1.54) is 31.1 Å². The Morgan fingerprint density at radius 3 is 2.52 bits per heavy atom. The maximum Gasteiger partial charge on any atom is 0.121 e. The first-order chi connectivity index (χ1) is 10.3. The summed E-state index contributed by atoms with van der Waals surface area (Å²) in [6.07, 6.45) is 5.29. The van der Waals surface area contributed by atoms with Gasteiger partial charge in [-0.25, -0.2) is 0 Å². The molecule has 0 aliphatic heterocycles. The molecule has 4 rings (SSSR count). The van der Waals surface area contributed by atoms with Crippen LogP contribution in [0.2, 0.25) is 0 Å². The number of aromatic hydroxyl groups is 1. The molecule has 0 atom stereocenters. The van der Waals surface area contributed by atoms with Crippen molar-refractivity contribution < 1.29 is 9.84 Å². The van der Waals surface area contributed by atoms with Crippen LogP contribution in [0, 0.1) is 5.92 Å². The highest BCUT2D eigenvalue weighted by molar-refractivity contribution is 6.07. The Morgan fingerprint density at radius 1 is 1.00 bits per heavy atom. The molecular weight excluding hydrogens is 262 g/mol. The Balaban J connectivity index is 1.64. The summed E-state index contributed by atoms with van der Waals surface area (Å²) in [5.74, 6) is 1.93. The van der Waals surface area contributed by atoms with Gasteiger partial charge < -0.3 is 14.8 Å². The molecule has 0 spiro atoms. The largest absolute Gasteiger partial charge is 0.508 e. The summed E-state index contributed by atoms with van der Waals surface area (Å²) in [6.45, 7) is 0.826. The molecule has 0 saturated heterocycles. The third kappa shape index (κ3) is 2.33. The van der Waals surface area contributed by atoms with E-state index in [0.29, 0.717) is 0 Å². The average Bonchev–Trinajstić information content (AvgIpc) is 3.11. The van der Waals surface area contributed by atoms with Gasteiger partial charge in [0.05, 0.1) is 17.6 Å². The van der Waals surface area contributed by atoms with E-state index in [1.807, 2.05) is 12.1 Å². The van der Waals surface area contributed by atoms with E-state index in [-0.39, 0.29) is 5.75 Å². The highest BCUT2D eigenvalue weighted by Gasteiger charge is 2.15. The van der Waals surface area contributed by atoms with E-state index < -0.39 is 0 Å². The van der Waals surface area contributed by atoms with Crippen LogP contribution < -0.4 is 4.74 Å². The van der Waals surface area contributed by atoms with E-state index in [2.05, 4.69) is 17.1 Å². The monoisotopic (exact) mass is 281 g/mol. The van der Waals surface area contributed by atoms with Gasteiger partial charge in [-0.05, 0) is 43.0 Å². The van der Waals surface area contributed by atoms with Gasteiger partial charge >= 0.3 is 0 Å². The molecule has 0 amide bonds. The van der Waals surface area contributed by atoms with E-state index in [9.17, 15) is 5.11 Å². The van der Waals surface area contributed by atoms with Gasteiger partial charge in [-0.1, -0.05) is 12.8 Å². The van der Waals surface area contributed by atoms with Crippen LogP contribution in [0.15, 0.2) is 36.4 Å². The summed E-state index contributed by atoms with van der Waals surface area (Å²) >= 11 is 0. The molecule has 1 aliphatic carbocycles. The second-order valence-corrected chi connectivity index (χ2v) is 6.02. The van der Waals surface area contributed by atoms with Crippen molar-refractivity contribution in [2.24, 2.45) is 5.92 Å². The summed E-state index contributed by atoms with van der Waals surface area (Å²) in [4.78, 5) is 3.35. The van der Waals surface area contributed by atoms with Crippen LogP contribution >= 0.6 is 0 Å². The minimum absolute atomic E-state index is 0.284. The molecule has 1 fully saturated rings. The Bertz CT molecular complexity index is 784. The Morgan fingerprint density at radius 2 is 1.71 bits per heavy atom. The smallest absolute Gasteiger partial charge is 0.121 e. The molecule has 3 nitrogen and oxygen atoms in total. The Hall–Kier alpha value is -2.16. The quantitative estimate of drug-likeness (QED) is 0.737. The van der Waals surface area contributed by atoms with Gasteiger partial charge in [0, 0.05) is 22.9 Å². The van der Waals surface area contributed by atoms with Gasteiger partial charge in [0.1, 0.15) is 11.5 Å². The van der Waals surface area contributed by atoms with Gasteiger partial charge in [0.15, 0.2) is 0 Å². The lowest BCUT2D eigenvalue weighted by atomic mass is 10.1. The number of phenols is 1. The zero-order chi connectivity index (χ0) is 14.2. The topological polar surface area (TPSA) is 45.2 Å². The first-order valence-corrected chi connectivity index (χ1v) is 7.67. The third-order valence-electron chi connectivity index (χ3n) is 4.51. The molecule has 1 heterocycles. The second-order valence-electron chi connectivity index (χ2n) is 6.02. The standard InChI is InChI=1S/C18H19NO2/c20-13-5-7-15-16-8-6-14(10-18(16)19-17(15)9-13)21-11-12-3-1-2-4-12/h5-10,12,19-20H,1-4,11H2. The highest BCUT2D eigenvalue weighted by Crippen LogP contribution is 2.31. The van der Waals surface area contributed by atoms with Gasteiger partial charge in [-0.2, -0.15) is 0 Å². The zero-order valence-corrected chi connectivity index (χ0v) is 11.9. The van der Waals surface area contributed by atoms with Crippen LogP contribution in [0.1, 0.15) is 25.7 Å². The van der Waals surface area contributed by atoms with Gasteiger partial charge in [-0.3, -0.25) is 0 Å². The Labute approximate surface area is 123 Å². The number of phenolic OH excluding ortho intramolecular Hbond substituents is 1. The molecule has 1 aromatic heterocycles. The number of fused-ring (bicyclic) bond motifs is 3. The zero-order valence-electron chi connectivity index (χ0n) is 11.9. The van der Waals surface area contributed by atoms with Crippen molar-refractivity contribution in [3.8, 4) is 11.5 Å². The van der Waals surface area contributed by atoms with Gasteiger partial charge in [0.25, 0.3) is 0 Å². The normalized spacial score (nSPS) is 16.0. The number of benzene rings is 2. The van der Waals surface area contributed by atoms with E-state index >= 15 is 0 Å². The SMILES string of the molecule is Oc1ccc2c(c1)[nH]c1cc(OCC3CCCC3)ccc12. The lowest BCUT2D eigenvalue weighted by molar-refractivity contribution is 0.252. The fourth-order valence-corrected chi connectivity index (χ4v) is 3.36. The summed E-state index contributed by atoms with van der Waals surface area (Å²) < 4.78 is 5.95. The van der Waals surface area contributed by atoms with E-state index in [0.717, 1.165) is 34.7 Å². The molecule has 108 valence electrons. The number of hydrogen-bond donors (Lipinski definition) is 2. The van der Waals surface area contributed by atoms with Crippen molar-refractivity contribution in [2.45, 2.75) is 25.7 Å². The van der Waals surface area contributed by atoms with Crippen LogP contribution in [0.4, 0.5) is 0 Å². The van der Waals surface area contributed by atoms with Crippen LogP contribution in [0.25, 0.3) is 21.8 Å². The van der Waals surface area contributed by atoms with Crippen LogP contribution in [-0.4, -0.2) is 16.7 Å². The molecule has 0 bridgehead atoms. The fraction of sp³-hybridized carbons (Fsp3) is 0.333. The third-order valence-corrected chi connectivity index (χ3v) is 4.51. The maximum absolute atomic E-state index is 9.57. The summed E-state index contributed by atoms with van der Waals surface area (Å²) in [6, 6.07) is 11.6. The lowest BCUT2D eigenvalue weighted by Gasteiger charge is -2.11.